The van der Waals surface area contributed by atoms with Gasteiger partial charge in [-0.15, -0.1) is 0 Å². The molecule has 13 nitrogen and oxygen atoms in total. The van der Waals surface area contributed by atoms with Crippen LogP contribution in [0.3, 0.4) is 0 Å². The number of Topliss-reactive ketones (excluding diaryl/α,β-unsaturated/α-hetero) is 2. The van der Waals surface area contributed by atoms with Crippen LogP contribution in [-0.4, -0.2) is 119 Å². The van der Waals surface area contributed by atoms with Gasteiger partial charge in [-0.1, -0.05) is 51.1 Å². The minimum absolute atomic E-state index is 0.00598. The van der Waals surface area contributed by atoms with Crippen molar-refractivity contribution in [1.29, 1.82) is 0 Å². The number of cyclic esters (lactones) is 1. The maximum absolute atomic E-state index is 17.0. The van der Waals surface area contributed by atoms with Crippen molar-refractivity contribution in [3.05, 3.63) is 48.2 Å². The normalized spacial score (nSPS) is 38.9. The molecule has 3 fully saturated rings. The molecule has 0 bridgehead atoms. The molecule has 13 atom stereocenters. The van der Waals surface area contributed by atoms with Gasteiger partial charge >= 0.3 is 12.1 Å². The first kappa shape index (κ1) is 43.3. The monoisotopic (exact) mass is 783 g/mol. The van der Waals surface area contributed by atoms with E-state index in [1.54, 1.807) is 33.9 Å². The average molecular weight is 784 g/mol. The summed E-state index contributed by atoms with van der Waals surface area (Å²) in [6, 6.07) is 8.32. The van der Waals surface area contributed by atoms with Crippen LogP contribution in [0, 0.1) is 17.8 Å². The van der Waals surface area contributed by atoms with Gasteiger partial charge in [-0.2, -0.15) is 0 Å². The summed E-state index contributed by atoms with van der Waals surface area (Å²) >= 11 is 0. The number of nitrogens with zero attached hydrogens (tertiary/aromatic N) is 2. The van der Waals surface area contributed by atoms with Crippen LogP contribution in [0.4, 0.5) is 9.18 Å². The highest BCUT2D eigenvalue weighted by Gasteiger charge is 2.59. The van der Waals surface area contributed by atoms with Gasteiger partial charge in [-0.05, 0) is 85.2 Å². The second kappa shape index (κ2) is 17.0. The number of nitrogens with one attached hydrogen (secondary N) is 1. The Morgan fingerprint density at radius 1 is 1.07 bits per heavy atom. The zero-order valence-electron chi connectivity index (χ0n) is 34.1. The number of fused-ring (bicyclic) bond motifs is 2. The Hall–Kier alpha value is -3.82. The lowest BCUT2D eigenvalue weighted by atomic mass is 9.73. The lowest BCUT2D eigenvalue weighted by Gasteiger charge is -2.47. The average Bonchev–Trinajstić information content (AvgIpc) is 3.48. The second-order valence-electron chi connectivity index (χ2n) is 16.6. The number of pyridine rings is 1. The van der Waals surface area contributed by atoms with Gasteiger partial charge in [0.25, 0.3) is 5.67 Å². The van der Waals surface area contributed by atoms with E-state index in [0.29, 0.717) is 6.42 Å². The zero-order valence-corrected chi connectivity index (χ0v) is 34.1. The van der Waals surface area contributed by atoms with Gasteiger partial charge in [0.05, 0.1) is 29.4 Å². The van der Waals surface area contributed by atoms with Crippen LogP contribution >= 0.6 is 0 Å². The number of likely N-dealkylation sites (N-methyl/N-ethyl adjacent to an activating group) is 1. The third kappa shape index (κ3) is 8.69. The Morgan fingerprint density at radius 2 is 1.77 bits per heavy atom. The van der Waals surface area contributed by atoms with E-state index in [4.69, 9.17) is 23.7 Å². The molecule has 2 N–H and O–H groups in total. The molecule has 1 aromatic carbocycles. The molecular weight excluding hydrogens is 725 g/mol. The molecule has 0 radical (unpaired) electrons. The van der Waals surface area contributed by atoms with Crippen molar-refractivity contribution in [2.75, 3.05) is 21.2 Å². The molecule has 4 heterocycles. The van der Waals surface area contributed by atoms with Crippen molar-refractivity contribution in [3.8, 4) is 0 Å². The van der Waals surface area contributed by atoms with E-state index in [1.807, 2.05) is 68.4 Å². The standard InChI is InChI=1S/C42H58FN3O10/c1-23-21-40(5,52-10)36(55-37-33(48)30(46(8)9)19-24(2)53-37)26(4)35(49)41(6,43)38(50)54-31(42(7)34(25(3)32(23)47)45-39(51)56-42)18-14-11-15-27-20-28-16-12-13-17-29(28)44-22-27/h11-13,15-17,20,22-26,30-31,33-34,36-37,48H,14,18-19,21H2,1-10H3,(H,45,51)/t23-,24?,25+,26+,30?,31-,33?,34-,36-,37?,40-,41+,42-/m1/s1. The number of alkyl halides is 1. The van der Waals surface area contributed by atoms with Crippen molar-refractivity contribution in [3.63, 3.8) is 0 Å². The van der Waals surface area contributed by atoms with Crippen LogP contribution in [0.15, 0.2) is 42.6 Å². The number of ketones is 2. The summed E-state index contributed by atoms with van der Waals surface area (Å²) in [5.41, 5.74) is -4.60. The number of amides is 1. The number of aromatic nitrogens is 1. The quantitative estimate of drug-likeness (QED) is 0.266. The Labute approximate surface area is 328 Å². The highest BCUT2D eigenvalue weighted by molar-refractivity contribution is 6.08. The van der Waals surface area contributed by atoms with E-state index < -0.39 is 83.1 Å². The van der Waals surface area contributed by atoms with Gasteiger partial charge in [0.1, 0.15) is 18.0 Å². The predicted octanol–water partition coefficient (Wildman–Crippen LogP) is 5.20. The van der Waals surface area contributed by atoms with Crippen molar-refractivity contribution >= 4 is 40.6 Å². The van der Waals surface area contributed by atoms with E-state index in [-0.39, 0.29) is 37.2 Å². The molecule has 0 saturated carbocycles. The lowest BCUT2D eigenvalue weighted by molar-refractivity contribution is -0.295. The maximum atomic E-state index is 17.0. The number of aliphatic hydroxyl groups excluding tert-OH is 1. The smallest absolute Gasteiger partial charge is 0.408 e. The fourth-order valence-electron chi connectivity index (χ4n) is 8.69. The predicted molar refractivity (Wildman–Crippen MR) is 206 cm³/mol. The number of halogens is 1. The number of carbonyl (C=O) groups is 4. The zero-order chi connectivity index (χ0) is 41.3. The minimum Gasteiger partial charge on any atom is -0.455 e. The number of carbonyl (C=O) groups excluding carboxylic acids is 4. The SMILES string of the molecule is CO[C@]1(C)C[C@@H](C)C(=O)[C@H](C)[C@H]2NC(=O)O[C@]2(C)[C@@H](CCC=Cc2cnc3ccccc3c2)OC(=O)[C@@](C)(F)C(=O)[C@H](C)[C@H]1OC1OC(C)CC(N(C)C)C1O. The Balaban J connectivity index is 1.51. The largest absolute Gasteiger partial charge is 0.455 e. The molecular formula is C42H58FN3O10. The first-order valence-electron chi connectivity index (χ1n) is 19.4. The topological polar surface area (TPSA) is 163 Å². The molecule has 3 saturated heterocycles. The van der Waals surface area contributed by atoms with E-state index in [2.05, 4.69) is 10.3 Å². The number of aliphatic hydroxyl groups is 1. The van der Waals surface area contributed by atoms with Crippen molar-refractivity contribution in [2.45, 2.75) is 134 Å². The van der Waals surface area contributed by atoms with Gasteiger partial charge in [-0.25, -0.2) is 14.0 Å². The van der Waals surface area contributed by atoms with Gasteiger partial charge in [-0.3, -0.25) is 14.6 Å². The van der Waals surface area contributed by atoms with E-state index in [1.165, 1.54) is 14.0 Å². The van der Waals surface area contributed by atoms with Crippen LogP contribution in [0.2, 0.25) is 0 Å². The van der Waals surface area contributed by atoms with E-state index >= 15 is 4.39 Å². The summed E-state index contributed by atoms with van der Waals surface area (Å²) in [6.07, 6.45) is 0.0794. The number of benzene rings is 1. The number of rotatable bonds is 8. The summed E-state index contributed by atoms with van der Waals surface area (Å²) in [4.78, 5) is 61.9. The number of allylic oxidation sites excluding steroid dienone is 1. The molecule has 1 amide bonds. The number of methoxy groups -OCH3 is 1. The Kier molecular flexibility index (Phi) is 13.1. The summed E-state index contributed by atoms with van der Waals surface area (Å²) in [5, 5.41) is 15.1. The number of alkyl carbamates (subject to hydrolysis) is 1. The summed E-state index contributed by atoms with van der Waals surface area (Å²) in [7, 11) is 5.03. The molecule has 0 aliphatic carbocycles. The van der Waals surface area contributed by atoms with Crippen molar-refractivity contribution in [2.24, 2.45) is 17.8 Å². The molecule has 308 valence electrons. The molecule has 4 unspecified atom stereocenters. The van der Waals surface area contributed by atoms with Gasteiger partial charge < -0.3 is 39.0 Å². The molecule has 2 aromatic rings. The molecule has 3 aliphatic heterocycles. The first-order valence-corrected chi connectivity index (χ1v) is 19.4. The summed E-state index contributed by atoms with van der Waals surface area (Å²) < 4.78 is 47.2. The highest BCUT2D eigenvalue weighted by Crippen LogP contribution is 2.41. The molecule has 0 spiro atoms. The number of hydrogen-bond acceptors (Lipinski definition) is 12. The Bertz CT molecular complexity index is 1800. The van der Waals surface area contributed by atoms with Gasteiger partial charge in [0.2, 0.25) is 0 Å². The van der Waals surface area contributed by atoms with Crippen LogP contribution in [0.5, 0.6) is 0 Å². The number of hydrogen-bond donors (Lipinski definition) is 2. The van der Waals surface area contributed by atoms with Crippen molar-refractivity contribution < 1.29 is 52.4 Å². The fraction of sp³-hybridized carbons (Fsp3) is 0.643. The third-order valence-corrected chi connectivity index (χ3v) is 12.1. The molecule has 3 aliphatic rings. The van der Waals surface area contributed by atoms with Crippen LogP contribution in [0.25, 0.3) is 17.0 Å². The van der Waals surface area contributed by atoms with Crippen LogP contribution in [0.1, 0.15) is 79.7 Å². The number of ether oxygens (including phenoxy) is 5. The summed E-state index contributed by atoms with van der Waals surface area (Å²) in [6.45, 7) is 10.6. The van der Waals surface area contributed by atoms with Crippen LogP contribution < -0.4 is 5.32 Å². The maximum Gasteiger partial charge on any atom is 0.408 e. The van der Waals surface area contributed by atoms with E-state index in [0.717, 1.165) is 23.4 Å². The molecule has 56 heavy (non-hydrogen) atoms. The molecule has 5 rings (SSSR count). The van der Waals surface area contributed by atoms with Crippen LogP contribution in [-0.2, 0) is 38.1 Å². The summed E-state index contributed by atoms with van der Waals surface area (Å²) in [5.74, 6) is -5.89. The molecule has 1 aromatic heterocycles. The lowest BCUT2D eigenvalue weighted by Crippen LogP contribution is -2.61. The van der Waals surface area contributed by atoms with Gasteiger partial charge in [0.15, 0.2) is 17.7 Å². The first-order chi connectivity index (χ1) is 26.2. The fourth-order valence-corrected chi connectivity index (χ4v) is 8.69. The Morgan fingerprint density at radius 3 is 2.45 bits per heavy atom. The molecule has 14 heteroatoms. The van der Waals surface area contributed by atoms with Gasteiger partial charge in [0, 0.05) is 42.5 Å². The second-order valence-corrected chi connectivity index (χ2v) is 16.6. The highest BCUT2D eigenvalue weighted by atomic mass is 19.1. The number of esters is 1. The van der Waals surface area contributed by atoms with E-state index in [9.17, 15) is 24.3 Å². The third-order valence-electron chi connectivity index (χ3n) is 12.1. The number of para-hydroxylation sites is 1. The van der Waals surface area contributed by atoms with Crippen molar-refractivity contribution in [1.82, 2.24) is 15.2 Å². The minimum atomic E-state index is -3.20.